The Bertz CT molecular complexity index is 1290. The number of nitrogens with zero attached hydrogens (tertiary/aromatic N) is 3. The summed E-state index contributed by atoms with van der Waals surface area (Å²) in [6.07, 6.45) is 2.29. The van der Waals surface area contributed by atoms with Crippen LogP contribution in [0.25, 0.3) is 11.0 Å². The lowest BCUT2D eigenvalue weighted by Crippen LogP contribution is -2.40. The van der Waals surface area contributed by atoms with Crippen LogP contribution in [0.4, 0.5) is 0 Å². The number of rotatable bonds is 3. The van der Waals surface area contributed by atoms with Crippen molar-refractivity contribution in [3.8, 4) is 0 Å². The van der Waals surface area contributed by atoms with Gasteiger partial charge in [0, 0.05) is 24.0 Å². The first kappa shape index (κ1) is 19.6. The third kappa shape index (κ3) is 3.14. The quantitative estimate of drug-likeness (QED) is 0.522. The average Bonchev–Trinajstić information content (AvgIpc) is 3.44. The van der Waals surface area contributed by atoms with E-state index >= 15 is 0 Å². The lowest BCUT2D eigenvalue weighted by molar-refractivity contribution is 0.0438. The number of amides is 1. The minimum atomic E-state index is -1.28. The van der Waals surface area contributed by atoms with Crippen LogP contribution in [-0.4, -0.2) is 37.4 Å². The van der Waals surface area contributed by atoms with Gasteiger partial charge in [0.15, 0.2) is 0 Å². The van der Waals surface area contributed by atoms with Crippen molar-refractivity contribution in [2.45, 2.75) is 45.8 Å². The molecule has 0 saturated carbocycles. The second-order valence-corrected chi connectivity index (χ2v) is 8.55. The van der Waals surface area contributed by atoms with Gasteiger partial charge in [-0.2, -0.15) is 0 Å². The van der Waals surface area contributed by atoms with E-state index in [4.69, 9.17) is 8.83 Å². The lowest BCUT2D eigenvalue weighted by atomic mass is 9.99. The number of aryl methyl sites for hydroxylation is 2. The van der Waals surface area contributed by atoms with Gasteiger partial charge in [0.05, 0.1) is 17.7 Å². The maximum absolute atomic E-state index is 13.6. The van der Waals surface area contributed by atoms with E-state index in [1.165, 1.54) is 0 Å². The average molecular weight is 420 g/mol. The Balaban J connectivity index is 1.61. The Hall–Kier alpha value is -3.39. The molecule has 1 amide bonds. The van der Waals surface area contributed by atoms with Crippen molar-refractivity contribution in [2.24, 2.45) is 0 Å². The van der Waals surface area contributed by atoms with Gasteiger partial charge in [0.2, 0.25) is 11.7 Å². The van der Waals surface area contributed by atoms with Gasteiger partial charge in [0.25, 0.3) is 5.91 Å². The molecule has 2 N–H and O–H groups in total. The second-order valence-electron chi connectivity index (χ2n) is 8.55. The number of H-pyrrole nitrogens is 1. The fraction of sp³-hybridized carbons (Fsp3) is 0.348. The molecule has 3 aromatic heterocycles. The van der Waals surface area contributed by atoms with E-state index in [2.05, 4.69) is 15.0 Å². The monoisotopic (exact) mass is 420 g/mol. The van der Waals surface area contributed by atoms with Gasteiger partial charge >= 0.3 is 0 Å². The number of aliphatic hydroxyl groups is 1. The second kappa shape index (κ2) is 6.81. The number of imidazole rings is 1. The summed E-state index contributed by atoms with van der Waals surface area (Å²) in [5, 5.41) is 11.3. The van der Waals surface area contributed by atoms with Gasteiger partial charge in [-0.1, -0.05) is 12.1 Å². The predicted molar refractivity (Wildman–Crippen MR) is 113 cm³/mol. The van der Waals surface area contributed by atoms with Crippen LogP contribution < -0.4 is 0 Å². The van der Waals surface area contributed by atoms with Crippen LogP contribution in [0.1, 0.15) is 64.7 Å². The smallest absolute Gasteiger partial charge is 0.292 e. The van der Waals surface area contributed by atoms with E-state index in [1.54, 1.807) is 32.0 Å². The molecule has 8 nitrogen and oxygen atoms in total. The fourth-order valence-electron chi connectivity index (χ4n) is 4.13. The summed E-state index contributed by atoms with van der Waals surface area (Å²) in [6, 6.07) is 7.38. The predicted octanol–water partition coefficient (Wildman–Crippen LogP) is 3.78. The third-order valence-corrected chi connectivity index (χ3v) is 5.77. The van der Waals surface area contributed by atoms with Gasteiger partial charge in [-0.15, -0.1) is 0 Å². The lowest BCUT2D eigenvalue weighted by Gasteiger charge is -2.33. The number of aromatic amines is 1. The van der Waals surface area contributed by atoms with Crippen molar-refractivity contribution in [1.29, 1.82) is 0 Å². The highest BCUT2D eigenvalue weighted by Crippen LogP contribution is 2.38. The molecule has 4 heterocycles. The summed E-state index contributed by atoms with van der Waals surface area (Å²) < 4.78 is 11.9. The summed E-state index contributed by atoms with van der Waals surface area (Å²) in [5.41, 5.74) is 2.77. The number of hydrogen-bond acceptors (Lipinski definition) is 6. The topological polar surface area (TPSA) is 108 Å². The molecule has 8 heteroatoms. The molecule has 1 aromatic carbocycles. The van der Waals surface area contributed by atoms with Crippen molar-refractivity contribution < 1.29 is 18.7 Å². The van der Waals surface area contributed by atoms with Crippen LogP contribution in [0.2, 0.25) is 0 Å². The van der Waals surface area contributed by atoms with Crippen LogP contribution in [0.3, 0.4) is 0 Å². The van der Waals surface area contributed by atoms with Crippen LogP contribution in [-0.2, 0) is 12.0 Å². The molecule has 0 spiro atoms. The third-order valence-electron chi connectivity index (χ3n) is 5.77. The van der Waals surface area contributed by atoms with E-state index < -0.39 is 11.6 Å². The van der Waals surface area contributed by atoms with E-state index in [9.17, 15) is 9.90 Å². The molecule has 0 fully saturated rings. The zero-order chi connectivity index (χ0) is 21.9. The number of oxazole rings is 1. The molecule has 1 atom stereocenters. The first-order chi connectivity index (χ1) is 14.7. The zero-order valence-electron chi connectivity index (χ0n) is 17.9. The van der Waals surface area contributed by atoms with E-state index in [0.717, 1.165) is 27.9 Å². The Morgan fingerprint density at radius 2 is 2.10 bits per heavy atom. The molecule has 0 bridgehead atoms. The van der Waals surface area contributed by atoms with Crippen molar-refractivity contribution >= 4 is 16.9 Å². The number of aromatic nitrogens is 3. The highest BCUT2D eigenvalue weighted by Gasteiger charge is 2.39. The van der Waals surface area contributed by atoms with Crippen molar-refractivity contribution in [3.63, 3.8) is 0 Å². The Morgan fingerprint density at radius 1 is 1.29 bits per heavy atom. The normalized spacial score (nSPS) is 16.7. The SMILES string of the molecule is Cc1nc(C(C)(C)O)oc1C(=O)N1CCc2[nH]cnc2[C@H]1c1cc2c(C)cccc2o1. The zero-order valence-corrected chi connectivity index (χ0v) is 17.9. The number of benzene rings is 1. The summed E-state index contributed by atoms with van der Waals surface area (Å²) >= 11 is 0. The molecule has 4 aromatic rings. The Kier molecular flexibility index (Phi) is 4.30. The number of nitrogens with one attached hydrogen (secondary N) is 1. The maximum Gasteiger partial charge on any atom is 0.292 e. The maximum atomic E-state index is 13.6. The molecule has 0 aliphatic carbocycles. The van der Waals surface area contributed by atoms with Crippen molar-refractivity contribution in [1.82, 2.24) is 19.9 Å². The molecule has 5 rings (SSSR count). The number of carbonyl (C=O) groups is 1. The van der Waals surface area contributed by atoms with Crippen LogP contribution in [0.15, 0.2) is 39.4 Å². The van der Waals surface area contributed by atoms with Gasteiger partial charge in [-0.05, 0) is 45.4 Å². The van der Waals surface area contributed by atoms with Gasteiger partial charge in [-0.3, -0.25) is 4.79 Å². The van der Waals surface area contributed by atoms with Crippen LogP contribution in [0, 0.1) is 13.8 Å². The fourth-order valence-corrected chi connectivity index (χ4v) is 4.13. The molecule has 0 saturated heterocycles. The summed E-state index contributed by atoms with van der Waals surface area (Å²) in [5.74, 6) is 0.567. The van der Waals surface area contributed by atoms with Crippen molar-refractivity contribution in [3.05, 3.63) is 70.6 Å². The molecular formula is C23H24N4O4. The van der Waals surface area contributed by atoms with Crippen LogP contribution >= 0.6 is 0 Å². The molecule has 1 aliphatic heterocycles. The first-order valence-electron chi connectivity index (χ1n) is 10.3. The Labute approximate surface area is 178 Å². The van der Waals surface area contributed by atoms with E-state index in [1.807, 2.05) is 31.2 Å². The first-order valence-corrected chi connectivity index (χ1v) is 10.3. The molecule has 31 heavy (non-hydrogen) atoms. The molecule has 1 aliphatic rings. The minimum absolute atomic E-state index is 0.113. The summed E-state index contributed by atoms with van der Waals surface area (Å²) in [7, 11) is 0. The summed E-state index contributed by atoms with van der Waals surface area (Å²) in [4.78, 5) is 27.2. The number of hydrogen-bond donors (Lipinski definition) is 2. The molecule has 0 unspecified atom stereocenters. The van der Waals surface area contributed by atoms with Crippen LogP contribution in [0.5, 0.6) is 0 Å². The van der Waals surface area contributed by atoms with Gasteiger partial charge in [-0.25, -0.2) is 9.97 Å². The molecule has 160 valence electrons. The number of furan rings is 1. The standard InChI is InChI=1S/C23H24N4O4/c1-12-6-5-7-16-14(12)10-17(30-16)19-18-15(24-11-25-18)8-9-27(19)21(28)20-13(2)26-22(31-20)23(3,4)29/h5-7,10-11,19,29H,8-9H2,1-4H3,(H,24,25)/t19-/m1/s1. The van der Waals surface area contributed by atoms with E-state index in [-0.39, 0.29) is 17.6 Å². The minimum Gasteiger partial charge on any atom is -0.458 e. The molecule has 0 radical (unpaired) electrons. The largest absolute Gasteiger partial charge is 0.458 e. The highest BCUT2D eigenvalue weighted by molar-refractivity contribution is 5.93. The summed E-state index contributed by atoms with van der Waals surface area (Å²) in [6.45, 7) is 7.34. The van der Waals surface area contributed by atoms with E-state index in [0.29, 0.717) is 24.4 Å². The van der Waals surface area contributed by atoms with Gasteiger partial charge < -0.3 is 23.8 Å². The molecular weight excluding hydrogens is 396 g/mol. The van der Waals surface area contributed by atoms with Crippen molar-refractivity contribution in [2.75, 3.05) is 6.54 Å². The Morgan fingerprint density at radius 3 is 2.81 bits per heavy atom. The number of carbonyl (C=O) groups excluding carboxylic acids is 1. The highest BCUT2D eigenvalue weighted by atomic mass is 16.4. The number of fused-ring (bicyclic) bond motifs is 2. The van der Waals surface area contributed by atoms with Gasteiger partial charge in [0.1, 0.15) is 23.0 Å².